The Morgan fingerprint density at radius 1 is 1.47 bits per heavy atom. The predicted octanol–water partition coefficient (Wildman–Crippen LogP) is 2.63. The van der Waals surface area contributed by atoms with Crippen molar-refractivity contribution in [2.75, 3.05) is 19.7 Å². The van der Waals surface area contributed by atoms with E-state index in [1.54, 1.807) is 12.1 Å². The molecule has 0 heterocycles. The van der Waals surface area contributed by atoms with Crippen LogP contribution in [0.2, 0.25) is 5.02 Å². The van der Waals surface area contributed by atoms with Gasteiger partial charge >= 0.3 is 0 Å². The molecule has 0 aliphatic heterocycles. The van der Waals surface area contributed by atoms with E-state index >= 15 is 0 Å². The van der Waals surface area contributed by atoms with Crippen LogP contribution in [0, 0.1) is 11.7 Å². The van der Waals surface area contributed by atoms with Gasteiger partial charge in [0.15, 0.2) is 0 Å². The molecule has 1 aromatic carbocycles. The van der Waals surface area contributed by atoms with Crippen LogP contribution in [0.5, 0.6) is 0 Å². The van der Waals surface area contributed by atoms with Crippen molar-refractivity contribution in [1.82, 2.24) is 5.32 Å². The molecule has 0 bridgehead atoms. The number of halogens is 2. The zero-order chi connectivity index (χ0) is 12.7. The highest BCUT2D eigenvalue weighted by Crippen LogP contribution is 2.16. The van der Waals surface area contributed by atoms with Crippen molar-refractivity contribution in [3.63, 3.8) is 0 Å². The van der Waals surface area contributed by atoms with Gasteiger partial charge in [-0.15, -0.1) is 0 Å². The molecule has 0 aliphatic carbocycles. The maximum atomic E-state index is 12.9. The lowest BCUT2D eigenvalue weighted by molar-refractivity contribution is 0.219. The minimum absolute atomic E-state index is 0.171. The molecule has 0 aliphatic rings. The second-order valence-corrected chi connectivity index (χ2v) is 4.57. The zero-order valence-electron chi connectivity index (χ0n) is 10.0. The minimum atomic E-state index is -0.380. The summed E-state index contributed by atoms with van der Waals surface area (Å²) < 4.78 is 12.9. The molecule has 1 atom stereocenters. The number of benzene rings is 1. The van der Waals surface area contributed by atoms with Crippen LogP contribution in [0.25, 0.3) is 0 Å². The Labute approximate surface area is 107 Å². The maximum absolute atomic E-state index is 12.9. The molecule has 1 rings (SSSR count). The Kier molecular flexibility index (Phi) is 6.48. The van der Waals surface area contributed by atoms with E-state index in [0.717, 1.165) is 31.5 Å². The first-order chi connectivity index (χ1) is 8.17. The van der Waals surface area contributed by atoms with Crippen LogP contribution in [0.3, 0.4) is 0 Å². The van der Waals surface area contributed by atoms with Gasteiger partial charge in [-0.2, -0.15) is 0 Å². The molecule has 0 saturated carbocycles. The lowest BCUT2D eigenvalue weighted by Gasteiger charge is -2.12. The first-order valence-corrected chi connectivity index (χ1v) is 6.30. The first kappa shape index (κ1) is 14.4. The second kappa shape index (κ2) is 7.64. The number of aliphatic hydroxyl groups excluding tert-OH is 1. The summed E-state index contributed by atoms with van der Waals surface area (Å²) in [4.78, 5) is 0. The lowest BCUT2D eigenvalue weighted by atomic mass is 10.1. The summed E-state index contributed by atoms with van der Waals surface area (Å²) in [5.41, 5.74) is 1.01. The van der Waals surface area contributed by atoms with E-state index in [4.69, 9.17) is 16.7 Å². The number of nitrogens with one attached hydrogen (secondary N) is 1. The van der Waals surface area contributed by atoms with Gasteiger partial charge in [0, 0.05) is 13.2 Å². The second-order valence-electron chi connectivity index (χ2n) is 4.16. The number of hydrogen-bond donors (Lipinski definition) is 2. The van der Waals surface area contributed by atoms with Crippen LogP contribution in [0.4, 0.5) is 4.39 Å². The Hall–Kier alpha value is -0.640. The van der Waals surface area contributed by atoms with Crippen LogP contribution in [-0.4, -0.2) is 24.8 Å². The first-order valence-electron chi connectivity index (χ1n) is 5.92. The largest absolute Gasteiger partial charge is 0.396 e. The van der Waals surface area contributed by atoms with E-state index < -0.39 is 0 Å². The van der Waals surface area contributed by atoms with Crippen molar-refractivity contribution in [2.24, 2.45) is 5.92 Å². The quantitative estimate of drug-likeness (QED) is 0.738. The normalized spacial score (nSPS) is 12.7. The van der Waals surface area contributed by atoms with Crippen molar-refractivity contribution in [3.05, 3.63) is 34.6 Å². The van der Waals surface area contributed by atoms with Gasteiger partial charge in [0.25, 0.3) is 0 Å². The third-order valence-corrected chi connectivity index (χ3v) is 3.13. The Balaban J connectivity index is 2.28. The standard InChI is InChI=1S/C13H19ClFNO/c1-2-10(9-17)8-16-6-5-11-3-4-13(15)12(14)7-11/h3-4,7,10,16-17H,2,5-6,8-9H2,1H3. The van der Waals surface area contributed by atoms with E-state index in [1.165, 1.54) is 6.07 Å². The number of rotatable bonds is 7. The third kappa shape index (κ3) is 5.02. The molecule has 1 unspecified atom stereocenters. The smallest absolute Gasteiger partial charge is 0.141 e. The molecule has 4 heteroatoms. The average Bonchev–Trinajstić information content (AvgIpc) is 2.34. The van der Waals surface area contributed by atoms with Crippen LogP contribution in [-0.2, 0) is 6.42 Å². The molecule has 1 aromatic rings. The topological polar surface area (TPSA) is 32.3 Å². The Morgan fingerprint density at radius 2 is 2.24 bits per heavy atom. The van der Waals surface area contributed by atoms with Gasteiger partial charge in [-0.25, -0.2) is 4.39 Å². The van der Waals surface area contributed by atoms with Crippen LogP contribution < -0.4 is 5.32 Å². The highest BCUT2D eigenvalue weighted by Gasteiger charge is 2.04. The van der Waals surface area contributed by atoms with Gasteiger partial charge in [0.2, 0.25) is 0 Å². The SMILES string of the molecule is CCC(CO)CNCCc1ccc(F)c(Cl)c1. The fourth-order valence-electron chi connectivity index (χ4n) is 1.57. The van der Waals surface area contributed by atoms with E-state index in [2.05, 4.69) is 12.2 Å². The molecule has 2 N–H and O–H groups in total. The van der Waals surface area contributed by atoms with Crippen LogP contribution in [0.1, 0.15) is 18.9 Å². The van der Waals surface area contributed by atoms with Gasteiger partial charge in [-0.3, -0.25) is 0 Å². The van der Waals surface area contributed by atoms with Gasteiger partial charge in [-0.1, -0.05) is 24.6 Å². The fourth-order valence-corrected chi connectivity index (χ4v) is 1.78. The van der Waals surface area contributed by atoms with Gasteiger partial charge in [0.05, 0.1) is 5.02 Å². The van der Waals surface area contributed by atoms with Crippen molar-refractivity contribution in [2.45, 2.75) is 19.8 Å². The van der Waals surface area contributed by atoms with Gasteiger partial charge < -0.3 is 10.4 Å². The van der Waals surface area contributed by atoms with Crippen molar-refractivity contribution >= 4 is 11.6 Å². The van der Waals surface area contributed by atoms with Gasteiger partial charge in [0.1, 0.15) is 5.82 Å². The van der Waals surface area contributed by atoms with Gasteiger partial charge in [-0.05, 0) is 43.0 Å². The maximum Gasteiger partial charge on any atom is 0.141 e. The van der Waals surface area contributed by atoms with Crippen LogP contribution in [0.15, 0.2) is 18.2 Å². The molecule has 0 saturated heterocycles. The average molecular weight is 260 g/mol. The van der Waals surface area contributed by atoms with Crippen LogP contribution >= 0.6 is 11.6 Å². The molecule has 0 radical (unpaired) electrons. The third-order valence-electron chi connectivity index (χ3n) is 2.84. The van der Waals surface area contributed by atoms with Crippen molar-refractivity contribution in [3.8, 4) is 0 Å². The minimum Gasteiger partial charge on any atom is -0.396 e. The summed E-state index contributed by atoms with van der Waals surface area (Å²) >= 11 is 5.69. The monoisotopic (exact) mass is 259 g/mol. The fraction of sp³-hybridized carbons (Fsp3) is 0.538. The summed E-state index contributed by atoms with van der Waals surface area (Å²) in [5.74, 6) is -0.0680. The highest BCUT2D eigenvalue weighted by molar-refractivity contribution is 6.30. The summed E-state index contributed by atoms with van der Waals surface area (Å²) in [7, 11) is 0. The van der Waals surface area contributed by atoms with Crippen molar-refractivity contribution < 1.29 is 9.50 Å². The summed E-state index contributed by atoms with van der Waals surface area (Å²) in [6.07, 6.45) is 1.77. The lowest BCUT2D eigenvalue weighted by Crippen LogP contribution is -2.26. The summed E-state index contributed by atoms with van der Waals surface area (Å²) in [6.45, 7) is 3.88. The molecule has 0 spiro atoms. The van der Waals surface area contributed by atoms with E-state index in [-0.39, 0.29) is 17.4 Å². The zero-order valence-corrected chi connectivity index (χ0v) is 10.8. The molecular weight excluding hydrogens is 241 g/mol. The molecule has 0 amide bonds. The molecule has 96 valence electrons. The molecule has 2 nitrogen and oxygen atoms in total. The predicted molar refractivity (Wildman–Crippen MR) is 68.9 cm³/mol. The van der Waals surface area contributed by atoms with E-state index in [9.17, 15) is 4.39 Å². The molecule has 0 fully saturated rings. The summed E-state index contributed by atoms with van der Waals surface area (Å²) in [5, 5.41) is 12.5. The number of hydrogen-bond acceptors (Lipinski definition) is 2. The Morgan fingerprint density at radius 3 is 2.82 bits per heavy atom. The molecule has 17 heavy (non-hydrogen) atoms. The van der Waals surface area contributed by atoms with Crippen molar-refractivity contribution in [1.29, 1.82) is 0 Å². The summed E-state index contributed by atoms with van der Waals surface area (Å²) in [6, 6.07) is 4.79. The Bertz CT molecular complexity index is 342. The molecule has 0 aromatic heterocycles. The highest BCUT2D eigenvalue weighted by atomic mass is 35.5. The van der Waals surface area contributed by atoms with E-state index in [0.29, 0.717) is 5.92 Å². The van der Waals surface area contributed by atoms with E-state index in [1.807, 2.05) is 0 Å². The number of aliphatic hydroxyl groups is 1. The molecular formula is C13H19ClFNO.